The molecular formula is C12H17ClN2O3. The van der Waals surface area contributed by atoms with Crippen LogP contribution in [0.2, 0.25) is 5.02 Å². The third-order valence-corrected chi connectivity index (χ3v) is 2.98. The monoisotopic (exact) mass is 272 g/mol. The molecule has 0 radical (unpaired) electrons. The summed E-state index contributed by atoms with van der Waals surface area (Å²) >= 11 is 5.72. The number of rotatable bonds is 6. The van der Waals surface area contributed by atoms with Crippen molar-refractivity contribution in [2.75, 3.05) is 6.61 Å². The topological polar surface area (TPSA) is 78.4 Å². The molecule has 0 aliphatic heterocycles. The fourth-order valence-electron chi connectivity index (χ4n) is 1.33. The summed E-state index contributed by atoms with van der Waals surface area (Å²) in [6.45, 7) is 4.35. The van der Waals surface area contributed by atoms with Gasteiger partial charge >= 0.3 is 0 Å². The lowest BCUT2D eigenvalue weighted by Crippen LogP contribution is -2.40. The van der Waals surface area contributed by atoms with E-state index in [4.69, 9.17) is 22.1 Å². The summed E-state index contributed by atoms with van der Waals surface area (Å²) < 4.78 is 5.43. The van der Waals surface area contributed by atoms with Gasteiger partial charge in [-0.3, -0.25) is 10.1 Å². The Kier molecular flexibility index (Phi) is 5.07. The van der Waals surface area contributed by atoms with Crippen molar-refractivity contribution in [1.29, 1.82) is 0 Å². The number of benzene rings is 1. The average Bonchev–Trinajstić information content (AvgIpc) is 2.30. The molecule has 1 aromatic carbocycles. The first-order valence-corrected chi connectivity index (χ1v) is 6.03. The third kappa shape index (κ3) is 4.25. The lowest BCUT2D eigenvalue weighted by atomic mass is 10.0. The van der Waals surface area contributed by atoms with Crippen LogP contribution in [-0.4, -0.2) is 17.1 Å². The van der Waals surface area contributed by atoms with Crippen LogP contribution in [0.3, 0.4) is 0 Å². The summed E-state index contributed by atoms with van der Waals surface area (Å²) in [7, 11) is 0. The van der Waals surface area contributed by atoms with Gasteiger partial charge in [-0.05, 0) is 25.5 Å². The zero-order valence-corrected chi connectivity index (χ0v) is 11.2. The largest absolute Gasteiger partial charge is 0.375 e. The highest BCUT2D eigenvalue weighted by Crippen LogP contribution is 2.24. The molecular weight excluding hydrogens is 256 g/mol. The number of nitro benzene ring substituents is 1. The highest BCUT2D eigenvalue weighted by atomic mass is 35.5. The molecule has 1 atom stereocenters. The zero-order chi connectivity index (χ0) is 13.8. The van der Waals surface area contributed by atoms with E-state index in [1.165, 1.54) is 6.07 Å². The minimum Gasteiger partial charge on any atom is -0.375 e. The molecule has 18 heavy (non-hydrogen) atoms. The number of ether oxygens (including phenoxy) is 1. The summed E-state index contributed by atoms with van der Waals surface area (Å²) in [6, 6.07) is 4.52. The number of hydrogen-bond acceptors (Lipinski definition) is 4. The first-order chi connectivity index (χ1) is 8.35. The Labute approximate surface area is 111 Å². The predicted octanol–water partition coefficient (Wildman–Crippen LogP) is 2.89. The summed E-state index contributed by atoms with van der Waals surface area (Å²) in [4.78, 5) is 10.4. The van der Waals surface area contributed by atoms with Gasteiger partial charge in [-0.2, -0.15) is 0 Å². The van der Waals surface area contributed by atoms with Crippen molar-refractivity contribution in [1.82, 2.24) is 0 Å². The van der Waals surface area contributed by atoms with Crippen molar-refractivity contribution < 1.29 is 9.66 Å². The molecule has 0 aliphatic carbocycles. The van der Waals surface area contributed by atoms with Gasteiger partial charge in [0.1, 0.15) is 0 Å². The molecule has 0 fully saturated rings. The second kappa shape index (κ2) is 6.13. The molecule has 0 aliphatic rings. The lowest BCUT2D eigenvalue weighted by molar-refractivity contribution is -0.385. The van der Waals surface area contributed by atoms with E-state index in [9.17, 15) is 10.1 Å². The summed E-state index contributed by atoms with van der Waals surface area (Å²) in [5.74, 6) is 0. The lowest BCUT2D eigenvalue weighted by Gasteiger charge is -2.22. The first kappa shape index (κ1) is 14.9. The zero-order valence-electron chi connectivity index (χ0n) is 10.5. The van der Waals surface area contributed by atoms with Crippen LogP contribution in [0.4, 0.5) is 5.69 Å². The standard InChI is InChI=1S/C12H17ClN2O3/c1-3-12(2,14)8-18-7-9-4-5-10(13)6-11(9)15(16)17/h4-6H,3,7-8,14H2,1-2H3. The van der Waals surface area contributed by atoms with Gasteiger partial charge in [0.25, 0.3) is 5.69 Å². The summed E-state index contributed by atoms with van der Waals surface area (Å²) in [5, 5.41) is 11.2. The van der Waals surface area contributed by atoms with Crippen LogP contribution in [-0.2, 0) is 11.3 Å². The third-order valence-electron chi connectivity index (χ3n) is 2.74. The average molecular weight is 273 g/mol. The van der Waals surface area contributed by atoms with Gasteiger partial charge in [0, 0.05) is 16.6 Å². The molecule has 1 rings (SSSR count). The van der Waals surface area contributed by atoms with Crippen molar-refractivity contribution in [2.24, 2.45) is 5.73 Å². The van der Waals surface area contributed by atoms with E-state index in [2.05, 4.69) is 0 Å². The number of hydrogen-bond donors (Lipinski definition) is 1. The van der Waals surface area contributed by atoms with E-state index >= 15 is 0 Å². The van der Waals surface area contributed by atoms with E-state index in [1.807, 2.05) is 13.8 Å². The molecule has 6 heteroatoms. The normalized spacial score (nSPS) is 14.2. The van der Waals surface area contributed by atoms with Gasteiger partial charge in [-0.25, -0.2) is 0 Å². The van der Waals surface area contributed by atoms with Gasteiger partial charge in [-0.15, -0.1) is 0 Å². The van der Waals surface area contributed by atoms with Gasteiger partial charge in [0.05, 0.1) is 23.7 Å². The second-order valence-corrected chi connectivity index (χ2v) is 4.97. The number of nitro groups is 1. The van der Waals surface area contributed by atoms with Crippen LogP contribution in [0.1, 0.15) is 25.8 Å². The van der Waals surface area contributed by atoms with E-state index in [-0.39, 0.29) is 12.3 Å². The second-order valence-electron chi connectivity index (χ2n) is 4.53. The maximum absolute atomic E-state index is 10.9. The van der Waals surface area contributed by atoms with E-state index in [0.29, 0.717) is 17.2 Å². The SMILES string of the molecule is CCC(C)(N)COCc1ccc(Cl)cc1[N+](=O)[O-]. The van der Waals surface area contributed by atoms with Crippen LogP contribution in [0, 0.1) is 10.1 Å². The highest BCUT2D eigenvalue weighted by molar-refractivity contribution is 6.30. The Balaban J connectivity index is 2.70. The summed E-state index contributed by atoms with van der Waals surface area (Å²) in [6.07, 6.45) is 0.774. The number of halogens is 1. The molecule has 0 amide bonds. The molecule has 1 aromatic rings. The molecule has 0 heterocycles. The van der Waals surface area contributed by atoms with Crippen molar-refractivity contribution in [2.45, 2.75) is 32.4 Å². The molecule has 5 nitrogen and oxygen atoms in total. The Hall–Kier alpha value is -1.17. The van der Waals surface area contributed by atoms with Crippen molar-refractivity contribution in [3.63, 3.8) is 0 Å². The Morgan fingerprint density at radius 3 is 2.78 bits per heavy atom. The quantitative estimate of drug-likeness (QED) is 0.638. The first-order valence-electron chi connectivity index (χ1n) is 5.65. The number of nitrogens with zero attached hydrogens (tertiary/aromatic N) is 1. The van der Waals surface area contributed by atoms with Gasteiger partial charge < -0.3 is 10.5 Å². The molecule has 1 unspecified atom stereocenters. The molecule has 0 aromatic heterocycles. The Morgan fingerprint density at radius 2 is 2.22 bits per heavy atom. The Bertz CT molecular complexity index is 435. The molecule has 0 spiro atoms. The van der Waals surface area contributed by atoms with Crippen LogP contribution in [0.15, 0.2) is 18.2 Å². The van der Waals surface area contributed by atoms with Crippen LogP contribution in [0.25, 0.3) is 0 Å². The van der Waals surface area contributed by atoms with Crippen LogP contribution < -0.4 is 5.73 Å². The van der Waals surface area contributed by atoms with Crippen LogP contribution >= 0.6 is 11.6 Å². The molecule has 100 valence electrons. The summed E-state index contributed by atoms with van der Waals surface area (Å²) in [5.41, 5.74) is 5.97. The molecule has 0 saturated carbocycles. The maximum atomic E-state index is 10.9. The highest BCUT2D eigenvalue weighted by Gasteiger charge is 2.18. The smallest absolute Gasteiger partial charge is 0.276 e. The maximum Gasteiger partial charge on any atom is 0.276 e. The fraction of sp³-hybridized carbons (Fsp3) is 0.500. The van der Waals surface area contributed by atoms with E-state index in [0.717, 1.165) is 6.42 Å². The Morgan fingerprint density at radius 1 is 1.56 bits per heavy atom. The minimum atomic E-state index is -0.466. The molecule has 0 bridgehead atoms. The predicted molar refractivity (Wildman–Crippen MR) is 70.6 cm³/mol. The van der Waals surface area contributed by atoms with Gasteiger partial charge in [-0.1, -0.05) is 18.5 Å². The van der Waals surface area contributed by atoms with E-state index in [1.54, 1.807) is 12.1 Å². The van der Waals surface area contributed by atoms with Gasteiger partial charge in [0.2, 0.25) is 0 Å². The van der Waals surface area contributed by atoms with Crippen LogP contribution in [0.5, 0.6) is 0 Å². The number of nitrogens with two attached hydrogens (primary N) is 1. The van der Waals surface area contributed by atoms with Crippen molar-refractivity contribution >= 4 is 17.3 Å². The van der Waals surface area contributed by atoms with E-state index < -0.39 is 10.5 Å². The fourth-order valence-corrected chi connectivity index (χ4v) is 1.49. The van der Waals surface area contributed by atoms with Gasteiger partial charge in [0.15, 0.2) is 0 Å². The van der Waals surface area contributed by atoms with Crippen molar-refractivity contribution in [3.8, 4) is 0 Å². The minimum absolute atomic E-state index is 0.0299. The molecule has 2 N–H and O–H groups in total. The van der Waals surface area contributed by atoms with Crippen molar-refractivity contribution in [3.05, 3.63) is 38.9 Å². The molecule has 0 saturated heterocycles.